The first-order valence-corrected chi connectivity index (χ1v) is 3.51. The van der Waals surface area contributed by atoms with E-state index in [0.717, 1.165) is 17.5 Å². The Hall–Kier alpha value is -0.980. The van der Waals surface area contributed by atoms with Crippen molar-refractivity contribution in [2.24, 2.45) is 0 Å². The van der Waals surface area contributed by atoms with Crippen molar-refractivity contribution in [2.45, 2.75) is 20.3 Å². The van der Waals surface area contributed by atoms with Crippen LogP contribution in [-0.4, -0.2) is 0 Å². The van der Waals surface area contributed by atoms with Gasteiger partial charge < -0.3 is 0 Å². The van der Waals surface area contributed by atoms with Gasteiger partial charge in [-0.3, -0.25) is 5.11 Å². The number of rotatable bonds is 1. The molecule has 0 saturated heterocycles. The smallest absolute Gasteiger partial charge is 0.181 e. The minimum Gasteiger partial charge on any atom is -0.290 e. The first-order chi connectivity index (χ1) is 4.75. The molecule has 1 radical (unpaired) electrons. The van der Waals surface area contributed by atoms with Crippen LogP contribution in [0.25, 0.3) is 0 Å². The standard InChI is InChI=1S/C9H11O/c1-3-8-5-4-6-9(10)7(8)2/h4-6H,3H2,1-2H3. The van der Waals surface area contributed by atoms with Crippen molar-refractivity contribution >= 4 is 0 Å². The summed E-state index contributed by atoms with van der Waals surface area (Å²) in [4.78, 5) is 0. The summed E-state index contributed by atoms with van der Waals surface area (Å²) in [5.41, 5.74) is 2.05. The number of hydrogen-bond acceptors (Lipinski definition) is 0. The number of hydrogen-bond donors (Lipinski definition) is 0. The molecule has 0 aromatic heterocycles. The van der Waals surface area contributed by atoms with Gasteiger partial charge in [-0.1, -0.05) is 19.1 Å². The van der Waals surface area contributed by atoms with Crippen LogP contribution in [0.15, 0.2) is 18.2 Å². The summed E-state index contributed by atoms with van der Waals surface area (Å²) >= 11 is 0. The SMILES string of the molecule is CCc1cccc([O])c1C. The van der Waals surface area contributed by atoms with Crippen molar-refractivity contribution in [3.8, 4) is 5.75 Å². The van der Waals surface area contributed by atoms with Gasteiger partial charge in [0.1, 0.15) is 0 Å². The molecule has 0 bridgehead atoms. The normalized spacial score (nSPS) is 9.80. The summed E-state index contributed by atoms with van der Waals surface area (Å²) in [6, 6.07) is 5.42. The zero-order valence-corrected chi connectivity index (χ0v) is 6.35. The van der Waals surface area contributed by atoms with E-state index in [4.69, 9.17) is 0 Å². The van der Waals surface area contributed by atoms with Crippen molar-refractivity contribution in [3.63, 3.8) is 0 Å². The van der Waals surface area contributed by atoms with Gasteiger partial charge in [0, 0.05) is 0 Å². The van der Waals surface area contributed by atoms with Crippen LogP contribution < -0.4 is 0 Å². The van der Waals surface area contributed by atoms with E-state index in [-0.39, 0.29) is 5.75 Å². The highest BCUT2D eigenvalue weighted by Gasteiger charge is 2.00. The van der Waals surface area contributed by atoms with Crippen LogP contribution in [-0.2, 0) is 11.5 Å². The van der Waals surface area contributed by atoms with Crippen LogP contribution in [0.1, 0.15) is 18.1 Å². The molecule has 0 atom stereocenters. The van der Waals surface area contributed by atoms with Gasteiger partial charge in [0.15, 0.2) is 5.75 Å². The third kappa shape index (κ3) is 1.13. The molecule has 0 spiro atoms. The van der Waals surface area contributed by atoms with Crippen LogP contribution in [0.3, 0.4) is 0 Å². The molecule has 53 valence electrons. The Kier molecular flexibility index (Phi) is 1.95. The molecule has 1 heteroatoms. The summed E-state index contributed by atoms with van der Waals surface area (Å²) in [6.45, 7) is 3.93. The Labute approximate surface area is 61.3 Å². The molecule has 1 nitrogen and oxygen atoms in total. The van der Waals surface area contributed by atoms with Crippen molar-refractivity contribution in [2.75, 3.05) is 0 Å². The lowest BCUT2D eigenvalue weighted by Crippen LogP contribution is -1.84. The monoisotopic (exact) mass is 135 g/mol. The Bertz CT molecular complexity index is 228. The first-order valence-electron chi connectivity index (χ1n) is 3.51. The fourth-order valence-corrected chi connectivity index (χ4v) is 1.04. The minimum atomic E-state index is 0.152. The van der Waals surface area contributed by atoms with Crippen LogP contribution in [0, 0.1) is 6.92 Å². The molecule has 0 heterocycles. The van der Waals surface area contributed by atoms with Gasteiger partial charge in [-0.25, -0.2) is 0 Å². The summed E-state index contributed by atoms with van der Waals surface area (Å²) in [6.07, 6.45) is 0.946. The number of benzene rings is 1. The molecule has 0 aliphatic rings. The highest BCUT2D eigenvalue weighted by Crippen LogP contribution is 2.19. The van der Waals surface area contributed by atoms with E-state index < -0.39 is 0 Å². The van der Waals surface area contributed by atoms with Crippen LogP contribution >= 0.6 is 0 Å². The Morgan fingerprint density at radius 2 is 2.10 bits per heavy atom. The Balaban J connectivity index is 3.14. The second-order valence-corrected chi connectivity index (χ2v) is 2.39. The topological polar surface area (TPSA) is 19.9 Å². The average molecular weight is 135 g/mol. The Morgan fingerprint density at radius 1 is 1.40 bits per heavy atom. The maximum atomic E-state index is 11.0. The molecule has 0 unspecified atom stereocenters. The summed E-state index contributed by atoms with van der Waals surface area (Å²) in [7, 11) is 0. The summed E-state index contributed by atoms with van der Waals surface area (Å²) in [5.74, 6) is 0.152. The van der Waals surface area contributed by atoms with E-state index in [1.165, 1.54) is 0 Å². The molecule has 0 aliphatic heterocycles. The largest absolute Gasteiger partial charge is 0.290 e. The molecular formula is C9H11O. The van der Waals surface area contributed by atoms with Gasteiger partial charge >= 0.3 is 0 Å². The lowest BCUT2D eigenvalue weighted by atomic mass is 10.1. The number of aryl methyl sites for hydroxylation is 1. The zero-order chi connectivity index (χ0) is 7.56. The van der Waals surface area contributed by atoms with Gasteiger partial charge in [0.2, 0.25) is 0 Å². The molecule has 1 rings (SSSR count). The van der Waals surface area contributed by atoms with Crippen LogP contribution in [0.5, 0.6) is 5.75 Å². The third-order valence-electron chi connectivity index (χ3n) is 1.78. The molecule has 0 fully saturated rings. The second-order valence-electron chi connectivity index (χ2n) is 2.39. The van der Waals surface area contributed by atoms with Crippen LogP contribution in [0.4, 0.5) is 0 Å². The highest BCUT2D eigenvalue weighted by molar-refractivity contribution is 5.37. The summed E-state index contributed by atoms with van der Waals surface area (Å²) < 4.78 is 0. The van der Waals surface area contributed by atoms with Gasteiger partial charge in [0.25, 0.3) is 0 Å². The molecule has 10 heavy (non-hydrogen) atoms. The van der Waals surface area contributed by atoms with Crippen molar-refractivity contribution in [3.05, 3.63) is 29.3 Å². The van der Waals surface area contributed by atoms with Crippen molar-refractivity contribution in [1.82, 2.24) is 0 Å². The second kappa shape index (κ2) is 2.74. The van der Waals surface area contributed by atoms with E-state index in [9.17, 15) is 5.11 Å². The van der Waals surface area contributed by atoms with E-state index in [2.05, 4.69) is 6.92 Å². The lowest BCUT2D eigenvalue weighted by molar-refractivity contribution is 0.351. The third-order valence-corrected chi connectivity index (χ3v) is 1.78. The molecular weight excluding hydrogens is 124 g/mol. The van der Waals surface area contributed by atoms with E-state index in [0.29, 0.717) is 0 Å². The van der Waals surface area contributed by atoms with Gasteiger partial charge in [-0.2, -0.15) is 0 Å². The maximum absolute atomic E-state index is 11.0. The molecule has 1 aromatic carbocycles. The highest BCUT2D eigenvalue weighted by atomic mass is 16.3. The van der Waals surface area contributed by atoms with Gasteiger partial charge in [-0.15, -0.1) is 0 Å². The zero-order valence-electron chi connectivity index (χ0n) is 6.35. The van der Waals surface area contributed by atoms with Crippen LogP contribution in [0.2, 0.25) is 0 Å². The van der Waals surface area contributed by atoms with Gasteiger partial charge in [0.05, 0.1) is 0 Å². The van der Waals surface area contributed by atoms with Crippen molar-refractivity contribution in [1.29, 1.82) is 0 Å². The summed E-state index contributed by atoms with van der Waals surface area (Å²) in [5, 5.41) is 11.0. The predicted molar refractivity (Wildman–Crippen MR) is 40.7 cm³/mol. The molecule has 0 aliphatic carbocycles. The van der Waals surface area contributed by atoms with E-state index >= 15 is 0 Å². The predicted octanol–water partition coefficient (Wildman–Crippen LogP) is 2.70. The Morgan fingerprint density at radius 3 is 2.60 bits per heavy atom. The van der Waals surface area contributed by atoms with Gasteiger partial charge in [-0.05, 0) is 30.5 Å². The van der Waals surface area contributed by atoms with E-state index in [1.54, 1.807) is 6.07 Å². The fourth-order valence-electron chi connectivity index (χ4n) is 1.04. The minimum absolute atomic E-state index is 0.152. The average Bonchev–Trinajstić information content (AvgIpc) is 1.95. The van der Waals surface area contributed by atoms with E-state index in [1.807, 2.05) is 19.1 Å². The maximum Gasteiger partial charge on any atom is 0.181 e. The fraction of sp³-hybridized carbons (Fsp3) is 0.333. The quantitative estimate of drug-likeness (QED) is 0.564. The first kappa shape index (κ1) is 7.13. The van der Waals surface area contributed by atoms with Crippen molar-refractivity contribution < 1.29 is 5.11 Å². The molecule has 0 N–H and O–H groups in total. The molecule has 0 amide bonds. The lowest BCUT2D eigenvalue weighted by Gasteiger charge is -2.00. The molecule has 0 saturated carbocycles. The molecule has 1 aromatic rings.